The molecule has 2 N–H and O–H groups in total. The molecule has 1 fully saturated rings. The van der Waals surface area contributed by atoms with Gasteiger partial charge < -0.3 is 10.6 Å². The predicted molar refractivity (Wildman–Crippen MR) is 107 cm³/mol. The molecule has 5 rings (SSSR count). The third-order valence-electron chi connectivity index (χ3n) is 5.24. The van der Waals surface area contributed by atoms with Crippen LogP contribution in [0.25, 0.3) is 21.9 Å². The van der Waals surface area contributed by atoms with Crippen LogP contribution in [-0.2, 0) is 6.54 Å². The van der Waals surface area contributed by atoms with Crippen molar-refractivity contribution < 1.29 is 0 Å². The number of nitrogen functional groups attached to an aromatic ring is 1. The summed E-state index contributed by atoms with van der Waals surface area (Å²) in [5.74, 6) is 1.52. The van der Waals surface area contributed by atoms with Gasteiger partial charge in [-0.3, -0.25) is 0 Å². The molecule has 136 valence electrons. The molecule has 3 aromatic heterocycles. The van der Waals surface area contributed by atoms with Crippen molar-refractivity contribution in [2.45, 2.75) is 26.3 Å². The molecular weight excluding hydrogens is 338 g/mol. The van der Waals surface area contributed by atoms with Gasteiger partial charge in [0.15, 0.2) is 5.65 Å². The van der Waals surface area contributed by atoms with E-state index in [1.54, 1.807) is 0 Å². The maximum Gasteiger partial charge on any atom is 0.163 e. The van der Waals surface area contributed by atoms with Crippen LogP contribution in [0.4, 0.5) is 11.6 Å². The Labute approximate surface area is 156 Å². The van der Waals surface area contributed by atoms with Gasteiger partial charge in [-0.25, -0.2) is 19.6 Å². The van der Waals surface area contributed by atoms with E-state index in [4.69, 9.17) is 10.7 Å². The molecule has 4 heterocycles. The number of aromatic nitrogens is 5. The Balaban J connectivity index is 1.66. The second kappa shape index (κ2) is 6.19. The molecule has 0 spiro atoms. The lowest BCUT2D eigenvalue weighted by molar-refractivity contribution is 0.691. The monoisotopic (exact) mass is 359 g/mol. The number of benzene rings is 1. The molecule has 0 aliphatic carbocycles. The fraction of sp³-hybridized carbons (Fsp3) is 0.300. The van der Waals surface area contributed by atoms with E-state index in [1.165, 1.54) is 19.2 Å². The molecule has 0 saturated carbocycles. The zero-order valence-electron chi connectivity index (χ0n) is 15.3. The molecule has 1 aromatic carbocycles. The Bertz CT molecular complexity index is 1140. The normalized spacial score (nSPS) is 14.5. The molecule has 1 saturated heterocycles. The topological polar surface area (TPSA) is 85.8 Å². The van der Waals surface area contributed by atoms with E-state index < -0.39 is 0 Å². The van der Waals surface area contributed by atoms with Crippen LogP contribution in [0.2, 0.25) is 0 Å². The second-order valence-electron chi connectivity index (χ2n) is 7.06. The molecule has 0 bridgehead atoms. The van der Waals surface area contributed by atoms with Crippen molar-refractivity contribution in [3.05, 3.63) is 47.9 Å². The summed E-state index contributed by atoms with van der Waals surface area (Å²) < 4.78 is 1.91. The maximum absolute atomic E-state index is 6.04. The van der Waals surface area contributed by atoms with E-state index in [1.807, 2.05) is 23.7 Å². The van der Waals surface area contributed by atoms with Gasteiger partial charge in [-0.1, -0.05) is 18.2 Å². The highest BCUT2D eigenvalue weighted by molar-refractivity contribution is 5.88. The third kappa shape index (κ3) is 2.66. The summed E-state index contributed by atoms with van der Waals surface area (Å²) in [5.41, 5.74) is 9.83. The lowest BCUT2D eigenvalue weighted by Gasteiger charge is -2.21. The Morgan fingerprint density at radius 3 is 2.78 bits per heavy atom. The van der Waals surface area contributed by atoms with Crippen LogP contribution >= 0.6 is 0 Å². The van der Waals surface area contributed by atoms with E-state index in [0.717, 1.165) is 52.1 Å². The standard InChI is InChI=1S/C20H21N7/c1-13-17-18(21)22-12-23-20(17)27(25-13)11-15-10-14-6-2-3-7-16(14)24-19(15)26-8-4-5-9-26/h2-3,6-7,10,12H,4-5,8-9,11H2,1H3,(H2,21,22,23). The van der Waals surface area contributed by atoms with Crippen LogP contribution in [0.3, 0.4) is 0 Å². The highest BCUT2D eigenvalue weighted by Crippen LogP contribution is 2.28. The first kappa shape index (κ1) is 16.0. The number of pyridine rings is 1. The number of para-hydroxylation sites is 1. The lowest BCUT2D eigenvalue weighted by atomic mass is 10.1. The van der Waals surface area contributed by atoms with Crippen molar-refractivity contribution in [3.8, 4) is 0 Å². The Morgan fingerprint density at radius 2 is 1.93 bits per heavy atom. The number of nitrogens with zero attached hydrogens (tertiary/aromatic N) is 6. The van der Waals surface area contributed by atoms with Gasteiger partial charge in [0.25, 0.3) is 0 Å². The fourth-order valence-corrected chi connectivity index (χ4v) is 3.95. The molecule has 27 heavy (non-hydrogen) atoms. The summed E-state index contributed by atoms with van der Waals surface area (Å²) in [5, 5.41) is 6.65. The molecule has 7 nitrogen and oxygen atoms in total. The Morgan fingerprint density at radius 1 is 1.11 bits per heavy atom. The maximum atomic E-state index is 6.04. The largest absolute Gasteiger partial charge is 0.383 e. The van der Waals surface area contributed by atoms with Crippen LogP contribution in [0, 0.1) is 6.92 Å². The van der Waals surface area contributed by atoms with E-state index in [-0.39, 0.29) is 0 Å². The molecule has 0 atom stereocenters. The van der Waals surface area contributed by atoms with Gasteiger partial charge >= 0.3 is 0 Å². The van der Waals surface area contributed by atoms with E-state index >= 15 is 0 Å². The number of hydrogen-bond acceptors (Lipinski definition) is 6. The van der Waals surface area contributed by atoms with Gasteiger partial charge in [0.05, 0.1) is 23.1 Å². The molecule has 0 amide bonds. The van der Waals surface area contributed by atoms with Crippen LogP contribution < -0.4 is 10.6 Å². The number of anilines is 2. The molecule has 7 heteroatoms. The fourth-order valence-electron chi connectivity index (χ4n) is 3.95. The van der Waals surface area contributed by atoms with Crippen LogP contribution in [-0.4, -0.2) is 37.8 Å². The Kier molecular flexibility index (Phi) is 3.67. The summed E-state index contributed by atoms with van der Waals surface area (Å²) in [6, 6.07) is 10.5. The van der Waals surface area contributed by atoms with Crippen LogP contribution in [0.5, 0.6) is 0 Å². The zero-order valence-corrected chi connectivity index (χ0v) is 15.3. The van der Waals surface area contributed by atoms with Crippen molar-refractivity contribution >= 4 is 33.6 Å². The zero-order chi connectivity index (χ0) is 18.4. The lowest BCUT2D eigenvalue weighted by Crippen LogP contribution is -2.21. The molecule has 4 aromatic rings. The average molecular weight is 359 g/mol. The van der Waals surface area contributed by atoms with Gasteiger partial charge in [0.2, 0.25) is 0 Å². The highest BCUT2D eigenvalue weighted by Gasteiger charge is 2.20. The first-order valence-corrected chi connectivity index (χ1v) is 9.28. The second-order valence-corrected chi connectivity index (χ2v) is 7.06. The van der Waals surface area contributed by atoms with Crippen LogP contribution in [0.15, 0.2) is 36.7 Å². The third-order valence-corrected chi connectivity index (χ3v) is 5.24. The number of nitrogens with two attached hydrogens (primary N) is 1. The van der Waals surface area contributed by atoms with Gasteiger partial charge in [-0.15, -0.1) is 0 Å². The molecular formula is C20H21N7. The first-order valence-electron chi connectivity index (χ1n) is 9.28. The van der Waals surface area contributed by atoms with Crippen molar-refractivity contribution in [2.75, 3.05) is 23.7 Å². The minimum absolute atomic E-state index is 0.472. The van der Waals surface area contributed by atoms with Crippen molar-refractivity contribution in [2.24, 2.45) is 0 Å². The van der Waals surface area contributed by atoms with E-state index in [9.17, 15) is 0 Å². The summed E-state index contributed by atoms with van der Waals surface area (Å²) >= 11 is 0. The Hall–Kier alpha value is -3.22. The quantitative estimate of drug-likeness (QED) is 0.605. The number of hydrogen-bond donors (Lipinski definition) is 1. The molecule has 0 radical (unpaired) electrons. The predicted octanol–water partition coefficient (Wildman–Crippen LogP) is 2.91. The van der Waals surface area contributed by atoms with Crippen LogP contribution in [0.1, 0.15) is 24.1 Å². The minimum atomic E-state index is 0.472. The van der Waals surface area contributed by atoms with Gasteiger partial charge in [0, 0.05) is 24.0 Å². The van der Waals surface area contributed by atoms with Crippen molar-refractivity contribution in [3.63, 3.8) is 0 Å². The number of fused-ring (bicyclic) bond motifs is 2. The van der Waals surface area contributed by atoms with Gasteiger partial charge in [-0.05, 0) is 31.9 Å². The highest BCUT2D eigenvalue weighted by atomic mass is 15.3. The summed E-state index contributed by atoms with van der Waals surface area (Å²) in [6.45, 7) is 4.64. The number of aryl methyl sites for hydroxylation is 1. The van der Waals surface area contributed by atoms with E-state index in [2.05, 4.69) is 38.2 Å². The summed E-state index contributed by atoms with van der Waals surface area (Å²) in [7, 11) is 0. The first-order chi connectivity index (χ1) is 13.2. The van der Waals surface area contributed by atoms with Crippen molar-refractivity contribution in [1.82, 2.24) is 24.7 Å². The van der Waals surface area contributed by atoms with Gasteiger partial charge in [-0.2, -0.15) is 5.10 Å². The summed E-state index contributed by atoms with van der Waals surface area (Å²) in [4.78, 5) is 15.9. The van der Waals surface area contributed by atoms with Gasteiger partial charge in [0.1, 0.15) is 18.0 Å². The van der Waals surface area contributed by atoms with Crippen molar-refractivity contribution in [1.29, 1.82) is 0 Å². The SMILES string of the molecule is Cc1nn(Cc2cc3ccccc3nc2N2CCCC2)c2ncnc(N)c12. The smallest absolute Gasteiger partial charge is 0.163 e. The minimum Gasteiger partial charge on any atom is -0.383 e. The van der Waals surface area contributed by atoms with E-state index in [0.29, 0.717) is 12.4 Å². The number of rotatable bonds is 3. The molecule has 1 aliphatic rings. The summed E-state index contributed by atoms with van der Waals surface area (Å²) in [6.07, 6.45) is 3.92. The average Bonchev–Trinajstić information content (AvgIpc) is 3.31. The molecule has 0 unspecified atom stereocenters. The molecule has 1 aliphatic heterocycles.